The van der Waals surface area contributed by atoms with Gasteiger partial charge in [-0.25, -0.2) is 4.79 Å². The number of thioether (sulfide) groups is 1. The molecule has 7 heteroatoms. The van der Waals surface area contributed by atoms with Crippen LogP contribution < -0.4 is 5.32 Å². The van der Waals surface area contributed by atoms with E-state index < -0.39 is 29.4 Å². The number of fused-ring (bicyclic) bond motifs is 1. The van der Waals surface area contributed by atoms with Gasteiger partial charge < -0.3 is 15.0 Å². The molecular weight excluding hydrogens is 472 g/mol. The Balaban J connectivity index is 1.47. The lowest BCUT2D eigenvalue weighted by molar-refractivity contribution is -0.164. The molecule has 2 aliphatic rings. The van der Waals surface area contributed by atoms with Crippen molar-refractivity contribution in [1.82, 2.24) is 10.2 Å². The molecule has 6 nitrogen and oxygen atoms in total. The molecule has 2 amide bonds. The van der Waals surface area contributed by atoms with Gasteiger partial charge in [0.05, 0.1) is 11.3 Å². The van der Waals surface area contributed by atoms with Crippen LogP contribution in [0.5, 0.6) is 0 Å². The molecule has 0 radical (unpaired) electrons. The molecule has 0 spiro atoms. The van der Waals surface area contributed by atoms with Gasteiger partial charge in [0, 0.05) is 6.92 Å². The first-order valence-electron chi connectivity index (χ1n) is 11.7. The lowest BCUT2D eigenvalue weighted by atomic mass is 9.86. The normalized spacial score (nSPS) is 23.0. The highest BCUT2D eigenvalue weighted by Gasteiger charge is 2.59. The average Bonchev–Trinajstić information content (AvgIpc) is 2.90. The molecule has 0 aliphatic carbocycles. The molecule has 5 rings (SSSR count). The number of rotatable bonds is 6. The zero-order valence-corrected chi connectivity index (χ0v) is 20.6. The summed E-state index contributed by atoms with van der Waals surface area (Å²) in [5.41, 5.74) is 2.94. The summed E-state index contributed by atoms with van der Waals surface area (Å²) < 4.78 is 6.11. The monoisotopic (exact) mass is 498 g/mol. The average molecular weight is 499 g/mol. The van der Waals surface area contributed by atoms with Crippen molar-refractivity contribution in [3.63, 3.8) is 0 Å². The molecule has 2 saturated heterocycles. The van der Waals surface area contributed by atoms with Crippen molar-refractivity contribution < 1.29 is 19.1 Å². The van der Waals surface area contributed by atoms with Crippen LogP contribution in [0.4, 0.5) is 0 Å². The Morgan fingerprint density at radius 3 is 1.97 bits per heavy atom. The van der Waals surface area contributed by atoms with Crippen molar-refractivity contribution >= 4 is 29.5 Å². The molecule has 2 aliphatic heterocycles. The van der Waals surface area contributed by atoms with E-state index in [4.69, 9.17) is 4.74 Å². The summed E-state index contributed by atoms with van der Waals surface area (Å²) in [6.07, 6.45) is -0.652. The fourth-order valence-corrected chi connectivity index (χ4v) is 6.37. The van der Waals surface area contributed by atoms with Crippen LogP contribution in [0.15, 0.2) is 103 Å². The number of carbonyl (C=O) groups is 3. The Kier molecular flexibility index (Phi) is 6.65. The van der Waals surface area contributed by atoms with E-state index in [0.29, 0.717) is 5.57 Å². The molecule has 3 aromatic rings. The van der Waals surface area contributed by atoms with Crippen LogP contribution in [-0.4, -0.2) is 39.5 Å². The lowest BCUT2D eigenvalue weighted by Crippen LogP contribution is -2.68. The summed E-state index contributed by atoms with van der Waals surface area (Å²) in [4.78, 5) is 40.7. The second kappa shape index (κ2) is 10.0. The van der Waals surface area contributed by atoms with Crippen LogP contribution in [-0.2, 0) is 19.1 Å². The topological polar surface area (TPSA) is 75.7 Å². The maximum absolute atomic E-state index is 13.8. The number of nitrogens with one attached hydrogen (secondary N) is 1. The van der Waals surface area contributed by atoms with Crippen molar-refractivity contribution in [2.45, 2.75) is 35.7 Å². The third-order valence-corrected chi connectivity index (χ3v) is 7.95. The second-order valence-corrected chi connectivity index (χ2v) is 10.1. The van der Waals surface area contributed by atoms with Gasteiger partial charge in [0.2, 0.25) is 11.8 Å². The fourth-order valence-electron chi connectivity index (χ4n) is 4.76. The Bertz CT molecular complexity index is 1240. The van der Waals surface area contributed by atoms with Crippen LogP contribution in [0.3, 0.4) is 0 Å². The van der Waals surface area contributed by atoms with Gasteiger partial charge in [-0.05, 0) is 22.3 Å². The Morgan fingerprint density at radius 1 is 0.917 bits per heavy atom. The number of ether oxygens (including phenoxy) is 1. The number of benzene rings is 3. The molecule has 182 valence electrons. The van der Waals surface area contributed by atoms with Crippen LogP contribution in [0, 0.1) is 0 Å². The van der Waals surface area contributed by atoms with Crippen LogP contribution in [0.25, 0.3) is 0 Å². The highest BCUT2D eigenvalue weighted by molar-refractivity contribution is 8.00. The summed E-state index contributed by atoms with van der Waals surface area (Å²) in [5, 5.41) is 2.04. The third-order valence-electron chi connectivity index (χ3n) is 6.48. The first kappa shape index (κ1) is 23.9. The Labute approximate surface area is 214 Å². The summed E-state index contributed by atoms with van der Waals surface area (Å²) in [6, 6.07) is 27.5. The molecule has 2 heterocycles. The van der Waals surface area contributed by atoms with Gasteiger partial charge in [-0.2, -0.15) is 0 Å². The van der Waals surface area contributed by atoms with Gasteiger partial charge in [0.15, 0.2) is 12.1 Å². The molecular formula is C29H26N2O4S. The van der Waals surface area contributed by atoms with E-state index in [2.05, 4.69) is 11.9 Å². The van der Waals surface area contributed by atoms with Gasteiger partial charge in [0.25, 0.3) is 0 Å². The van der Waals surface area contributed by atoms with Gasteiger partial charge >= 0.3 is 5.97 Å². The van der Waals surface area contributed by atoms with E-state index in [1.54, 1.807) is 4.90 Å². The molecule has 1 unspecified atom stereocenters. The number of carbonyl (C=O) groups excluding carboxylic acids is 3. The van der Waals surface area contributed by atoms with Crippen molar-refractivity contribution in [2.24, 2.45) is 0 Å². The second-order valence-electron chi connectivity index (χ2n) is 8.86. The number of amides is 2. The summed E-state index contributed by atoms with van der Waals surface area (Å²) >= 11 is 1.42. The van der Waals surface area contributed by atoms with Gasteiger partial charge in [0.1, 0.15) is 5.37 Å². The number of hydrogen-bond donors (Lipinski definition) is 1. The SMILES string of the molecule is C=C1C(NC(C)=O)S[C@@H]2[C@H](c3ccccc3)C(=O)N2[C@H]1C(=O)OC(c1ccccc1)c1ccccc1. The Morgan fingerprint density at radius 2 is 1.44 bits per heavy atom. The largest absolute Gasteiger partial charge is 0.451 e. The standard InChI is InChI=1S/C29H26N2O4S/c1-18-24(29(34)35-25(21-14-8-4-9-15-21)22-16-10-5-11-17-22)31-27(33)23(20-12-6-3-7-13-20)28(31)36-26(18)30-19(2)32/h3-17,23-26,28H,1H2,2H3,(H,30,32)/t23-,24-,26?,28-/m1/s1. The van der Waals surface area contributed by atoms with Crippen LogP contribution in [0.1, 0.15) is 35.6 Å². The number of esters is 1. The molecule has 36 heavy (non-hydrogen) atoms. The first-order valence-corrected chi connectivity index (χ1v) is 12.7. The minimum absolute atomic E-state index is 0.154. The van der Waals surface area contributed by atoms with E-state index >= 15 is 0 Å². The molecule has 3 aromatic carbocycles. The Hall–Kier alpha value is -3.84. The van der Waals surface area contributed by atoms with Crippen LogP contribution in [0.2, 0.25) is 0 Å². The highest BCUT2D eigenvalue weighted by Crippen LogP contribution is 2.50. The fraction of sp³-hybridized carbons (Fsp3) is 0.207. The first-order chi connectivity index (χ1) is 17.5. The minimum atomic E-state index is -1.00. The zero-order valence-electron chi connectivity index (χ0n) is 19.7. The van der Waals surface area contributed by atoms with Crippen molar-refractivity contribution in [2.75, 3.05) is 0 Å². The van der Waals surface area contributed by atoms with E-state index in [-0.39, 0.29) is 17.2 Å². The predicted octanol–water partition coefficient (Wildman–Crippen LogP) is 4.41. The maximum Gasteiger partial charge on any atom is 0.334 e. The zero-order chi connectivity index (χ0) is 25.2. The van der Waals surface area contributed by atoms with E-state index in [1.165, 1.54) is 18.7 Å². The summed E-state index contributed by atoms with van der Waals surface area (Å²) in [6.45, 7) is 5.55. The minimum Gasteiger partial charge on any atom is -0.451 e. The van der Waals surface area contributed by atoms with E-state index in [1.807, 2.05) is 91.0 Å². The van der Waals surface area contributed by atoms with Gasteiger partial charge in [-0.15, -0.1) is 11.8 Å². The van der Waals surface area contributed by atoms with Crippen molar-refractivity contribution in [3.05, 3.63) is 120 Å². The van der Waals surface area contributed by atoms with Crippen molar-refractivity contribution in [3.8, 4) is 0 Å². The van der Waals surface area contributed by atoms with Crippen molar-refractivity contribution in [1.29, 1.82) is 0 Å². The molecule has 0 saturated carbocycles. The quantitative estimate of drug-likeness (QED) is 0.310. The highest BCUT2D eigenvalue weighted by atomic mass is 32.2. The molecule has 0 bridgehead atoms. The van der Waals surface area contributed by atoms with E-state index in [0.717, 1.165) is 16.7 Å². The molecule has 1 N–H and O–H groups in total. The summed E-state index contributed by atoms with van der Waals surface area (Å²) in [5.74, 6) is -1.37. The molecule has 2 fully saturated rings. The lowest BCUT2D eigenvalue weighted by Gasteiger charge is -2.55. The van der Waals surface area contributed by atoms with E-state index in [9.17, 15) is 14.4 Å². The summed E-state index contributed by atoms with van der Waals surface area (Å²) in [7, 11) is 0. The van der Waals surface area contributed by atoms with Crippen LogP contribution >= 0.6 is 11.8 Å². The number of nitrogens with zero attached hydrogens (tertiary/aromatic N) is 1. The third kappa shape index (κ3) is 4.42. The maximum atomic E-state index is 13.8. The smallest absolute Gasteiger partial charge is 0.334 e. The molecule has 0 aromatic heterocycles. The van der Waals surface area contributed by atoms with Gasteiger partial charge in [-0.3, -0.25) is 9.59 Å². The number of β-lactam (4-membered cyclic amide) rings is 1. The molecule has 4 atom stereocenters. The predicted molar refractivity (Wildman–Crippen MR) is 139 cm³/mol. The van der Waals surface area contributed by atoms with Gasteiger partial charge in [-0.1, -0.05) is 97.6 Å². The number of hydrogen-bond acceptors (Lipinski definition) is 5.